The summed E-state index contributed by atoms with van der Waals surface area (Å²) < 4.78 is 10.6. The van der Waals surface area contributed by atoms with Crippen LogP contribution in [-0.2, 0) is 0 Å². The van der Waals surface area contributed by atoms with Crippen LogP contribution in [0.4, 0.5) is 0 Å². The normalized spacial score (nSPS) is 17.1. The zero-order valence-corrected chi connectivity index (χ0v) is 14.8. The lowest BCUT2D eigenvalue weighted by molar-refractivity contribution is 0.0720. The maximum Gasteiger partial charge on any atom is 0.276 e. The van der Waals surface area contributed by atoms with Crippen LogP contribution in [-0.4, -0.2) is 32.5 Å². The van der Waals surface area contributed by atoms with Crippen LogP contribution in [0.5, 0.6) is 0 Å². The lowest BCUT2D eigenvalue weighted by Gasteiger charge is -2.21. The third-order valence-electron chi connectivity index (χ3n) is 4.98. The molecule has 1 amide bonds. The highest BCUT2D eigenvalue weighted by molar-refractivity contribution is 5.93. The van der Waals surface area contributed by atoms with Crippen molar-refractivity contribution in [3.05, 3.63) is 59.7 Å². The summed E-state index contributed by atoms with van der Waals surface area (Å²) in [6, 6.07) is 11.2. The van der Waals surface area contributed by atoms with E-state index in [9.17, 15) is 4.79 Å². The maximum atomic E-state index is 13.0. The van der Waals surface area contributed by atoms with Gasteiger partial charge in [-0.25, -0.2) is 4.98 Å². The molecule has 5 rings (SSSR count). The monoisotopic (exact) mass is 362 g/mol. The highest BCUT2D eigenvalue weighted by Gasteiger charge is 2.34. The van der Waals surface area contributed by atoms with Crippen molar-refractivity contribution in [2.75, 3.05) is 6.54 Å². The number of rotatable bonds is 3. The van der Waals surface area contributed by atoms with Gasteiger partial charge in [-0.15, -0.1) is 0 Å². The topological polar surface area (TPSA) is 88.2 Å². The van der Waals surface area contributed by atoms with Crippen molar-refractivity contribution in [3.63, 3.8) is 0 Å². The Bertz CT molecular complexity index is 1110. The third-order valence-corrected chi connectivity index (χ3v) is 4.98. The largest absolute Gasteiger partial charge is 0.461 e. The highest BCUT2D eigenvalue weighted by Crippen LogP contribution is 2.33. The number of carbonyl (C=O) groups excluding carboxylic acids is 1. The molecule has 0 spiro atoms. The van der Waals surface area contributed by atoms with Gasteiger partial charge < -0.3 is 18.8 Å². The Morgan fingerprint density at radius 3 is 3.04 bits per heavy atom. The standard InChI is InChI=1S/C20H18N4O3/c1-12-6-7-13-14(10-12)22-19(21-13)16-4-2-8-24(16)20(25)15-11-18(27-23-15)17-5-3-9-26-17/h3,5-7,9-11,16H,2,4,8H2,1H3,(H,21,22). The number of H-pyrrole nitrogens is 1. The summed E-state index contributed by atoms with van der Waals surface area (Å²) >= 11 is 0. The predicted molar refractivity (Wildman–Crippen MR) is 98.0 cm³/mol. The van der Waals surface area contributed by atoms with Gasteiger partial charge in [-0.2, -0.15) is 0 Å². The van der Waals surface area contributed by atoms with Gasteiger partial charge in [0.2, 0.25) is 5.76 Å². The fourth-order valence-corrected chi connectivity index (χ4v) is 3.65. The summed E-state index contributed by atoms with van der Waals surface area (Å²) in [4.78, 5) is 22.9. The molecule has 4 heterocycles. The van der Waals surface area contributed by atoms with Crippen molar-refractivity contribution in [2.45, 2.75) is 25.8 Å². The van der Waals surface area contributed by atoms with Gasteiger partial charge in [-0.3, -0.25) is 4.79 Å². The van der Waals surface area contributed by atoms with Crippen molar-refractivity contribution in [1.29, 1.82) is 0 Å². The summed E-state index contributed by atoms with van der Waals surface area (Å²) in [5, 5.41) is 3.94. The van der Waals surface area contributed by atoms with Gasteiger partial charge in [0.25, 0.3) is 5.91 Å². The fourth-order valence-electron chi connectivity index (χ4n) is 3.65. The van der Waals surface area contributed by atoms with Gasteiger partial charge in [0.15, 0.2) is 11.5 Å². The van der Waals surface area contributed by atoms with Crippen molar-refractivity contribution >= 4 is 16.9 Å². The second kappa shape index (κ2) is 6.12. The molecule has 1 saturated heterocycles. The molecule has 0 bridgehead atoms. The summed E-state index contributed by atoms with van der Waals surface area (Å²) in [6.45, 7) is 2.72. The number of imidazole rings is 1. The lowest BCUT2D eigenvalue weighted by Crippen LogP contribution is -2.31. The number of furan rings is 1. The van der Waals surface area contributed by atoms with E-state index in [1.165, 1.54) is 5.56 Å². The molecule has 1 aromatic carbocycles. The summed E-state index contributed by atoms with van der Waals surface area (Å²) in [5.41, 5.74) is 3.35. The Hall–Kier alpha value is -3.35. The molecule has 7 nitrogen and oxygen atoms in total. The number of aromatic amines is 1. The van der Waals surface area contributed by atoms with Crippen LogP contribution in [0.25, 0.3) is 22.6 Å². The average molecular weight is 362 g/mol. The smallest absolute Gasteiger partial charge is 0.276 e. The Morgan fingerprint density at radius 2 is 2.19 bits per heavy atom. The average Bonchev–Trinajstić information content (AvgIpc) is 3.46. The maximum absolute atomic E-state index is 13.0. The van der Waals surface area contributed by atoms with Gasteiger partial charge in [0.05, 0.1) is 23.3 Å². The van der Waals surface area contributed by atoms with E-state index < -0.39 is 0 Å². The number of likely N-dealkylation sites (tertiary alicyclic amines) is 1. The number of benzene rings is 1. The van der Waals surface area contributed by atoms with E-state index in [0.717, 1.165) is 29.7 Å². The Kier molecular flexibility index (Phi) is 3.60. The van der Waals surface area contributed by atoms with Gasteiger partial charge in [-0.1, -0.05) is 11.2 Å². The molecule has 1 fully saturated rings. The van der Waals surface area contributed by atoms with E-state index in [1.807, 2.05) is 24.0 Å². The number of amides is 1. The van der Waals surface area contributed by atoms with E-state index in [0.29, 0.717) is 18.1 Å². The molecule has 0 saturated carbocycles. The number of aromatic nitrogens is 3. The van der Waals surface area contributed by atoms with Crippen molar-refractivity contribution < 1.29 is 13.7 Å². The number of nitrogens with zero attached hydrogens (tertiary/aromatic N) is 3. The highest BCUT2D eigenvalue weighted by atomic mass is 16.5. The van der Waals surface area contributed by atoms with Crippen LogP contribution < -0.4 is 0 Å². The lowest BCUT2D eigenvalue weighted by atomic mass is 10.2. The van der Waals surface area contributed by atoms with Crippen LogP contribution in [0, 0.1) is 6.92 Å². The molecule has 1 N–H and O–H groups in total. The van der Waals surface area contributed by atoms with E-state index in [2.05, 4.69) is 16.2 Å². The first-order valence-electron chi connectivity index (χ1n) is 8.97. The first-order chi connectivity index (χ1) is 13.2. The Morgan fingerprint density at radius 1 is 1.26 bits per heavy atom. The van der Waals surface area contributed by atoms with E-state index >= 15 is 0 Å². The van der Waals surface area contributed by atoms with Crippen molar-refractivity contribution in [1.82, 2.24) is 20.0 Å². The molecule has 1 aliphatic heterocycles. The quantitative estimate of drug-likeness (QED) is 0.593. The fraction of sp³-hybridized carbons (Fsp3) is 0.250. The van der Waals surface area contributed by atoms with Gasteiger partial charge in [0.1, 0.15) is 5.82 Å². The summed E-state index contributed by atoms with van der Waals surface area (Å²) in [7, 11) is 0. The SMILES string of the molecule is Cc1ccc2nc(C3CCCN3C(=O)c3cc(-c4ccco4)on3)[nH]c2c1. The number of hydrogen-bond donors (Lipinski definition) is 1. The molecular weight excluding hydrogens is 344 g/mol. The van der Waals surface area contributed by atoms with E-state index in [1.54, 1.807) is 24.5 Å². The second-order valence-corrected chi connectivity index (χ2v) is 6.85. The zero-order chi connectivity index (χ0) is 18.4. The zero-order valence-electron chi connectivity index (χ0n) is 14.8. The molecule has 0 radical (unpaired) electrons. The Labute approximate surface area is 155 Å². The minimum Gasteiger partial charge on any atom is -0.461 e. The minimum atomic E-state index is -0.157. The van der Waals surface area contributed by atoms with Gasteiger partial charge in [0, 0.05) is 12.6 Å². The molecule has 136 valence electrons. The van der Waals surface area contributed by atoms with Crippen LogP contribution in [0.15, 0.2) is 51.6 Å². The number of fused-ring (bicyclic) bond motifs is 1. The number of hydrogen-bond acceptors (Lipinski definition) is 5. The Balaban J connectivity index is 1.44. The van der Waals surface area contributed by atoms with Crippen LogP contribution >= 0.6 is 0 Å². The minimum absolute atomic E-state index is 0.0889. The van der Waals surface area contributed by atoms with E-state index in [4.69, 9.17) is 13.9 Å². The molecule has 27 heavy (non-hydrogen) atoms. The third kappa shape index (κ3) is 2.71. The first-order valence-corrected chi connectivity index (χ1v) is 8.97. The van der Waals surface area contributed by atoms with Crippen molar-refractivity contribution in [2.24, 2.45) is 0 Å². The number of nitrogens with one attached hydrogen (secondary N) is 1. The summed E-state index contributed by atoms with van der Waals surface area (Å²) in [6.07, 6.45) is 3.35. The molecule has 1 atom stereocenters. The molecule has 1 unspecified atom stereocenters. The number of aryl methyl sites for hydroxylation is 1. The van der Waals surface area contributed by atoms with E-state index in [-0.39, 0.29) is 17.6 Å². The molecule has 0 aliphatic carbocycles. The molecule has 7 heteroatoms. The van der Waals surface area contributed by atoms with Crippen molar-refractivity contribution in [3.8, 4) is 11.5 Å². The van der Waals surface area contributed by atoms with Crippen LogP contribution in [0.2, 0.25) is 0 Å². The second-order valence-electron chi connectivity index (χ2n) is 6.85. The van der Waals surface area contributed by atoms with Crippen LogP contribution in [0.1, 0.15) is 40.8 Å². The molecule has 4 aromatic rings. The molecule has 1 aliphatic rings. The number of carbonyl (C=O) groups is 1. The first kappa shape index (κ1) is 15.9. The predicted octanol–water partition coefficient (Wildman–Crippen LogP) is 4.10. The van der Waals surface area contributed by atoms with Gasteiger partial charge in [-0.05, 0) is 49.6 Å². The summed E-state index contributed by atoms with van der Waals surface area (Å²) in [5.74, 6) is 1.65. The molecule has 3 aromatic heterocycles. The van der Waals surface area contributed by atoms with Crippen LogP contribution in [0.3, 0.4) is 0 Å². The van der Waals surface area contributed by atoms with Gasteiger partial charge >= 0.3 is 0 Å². The molecular formula is C20H18N4O3.